The minimum Gasteiger partial charge on any atom is -0.246 e. The Bertz CT molecular complexity index is 403. The fourth-order valence-corrected chi connectivity index (χ4v) is 2.38. The van der Waals surface area contributed by atoms with Gasteiger partial charge in [0.2, 0.25) is 0 Å². The standard InChI is InChI=1S/C5H5Br2N3O2/c1-8-4(11)9-2(6)3(7)10(9)5(8)12/h2-3H,1H3/t2-,3-/m1/s1. The van der Waals surface area contributed by atoms with Gasteiger partial charge in [-0.3, -0.25) is 0 Å². The second kappa shape index (κ2) is 2.35. The van der Waals surface area contributed by atoms with E-state index in [0.717, 1.165) is 4.57 Å². The van der Waals surface area contributed by atoms with Crippen molar-refractivity contribution in [2.45, 2.75) is 9.90 Å². The van der Waals surface area contributed by atoms with E-state index in [2.05, 4.69) is 31.9 Å². The van der Waals surface area contributed by atoms with Gasteiger partial charge < -0.3 is 0 Å². The van der Waals surface area contributed by atoms with Crippen LogP contribution in [0.3, 0.4) is 0 Å². The minimum atomic E-state index is -0.294. The van der Waals surface area contributed by atoms with Gasteiger partial charge in [-0.15, -0.1) is 0 Å². The Hall–Kier alpha value is -0.300. The molecule has 0 radical (unpaired) electrons. The zero-order valence-electron chi connectivity index (χ0n) is 6.07. The molecule has 0 fully saturated rings. The highest BCUT2D eigenvalue weighted by Crippen LogP contribution is 2.39. The first-order valence-corrected chi connectivity index (χ1v) is 5.07. The summed E-state index contributed by atoms with van der Waals surface area (Å²) in [5, 5.41) is 0. The number of aromatic nitrogens is 3. The van der Waals surface area contributed by atoms with E-state index in [-0.39, 0.29) is 21.3 Å². The molecule has 1 aliphatic heterocycles. The van der Waals surface area contributed by atoms with Crippen molar-refractivity contribution in [2.24, 2.45) is 7.05 Å². The third-order valence-corrected chi connectivity index (χ3v) is 4.38. The molecule has 66 valence electrons. The van der Waals surface area contributed by atoms with Gasteiger partial charge in [0.1, 0.15) is 9.90 Å². The summed E-state index contributed by atoms with van der Waals surface area (Å²) in [6, 6.07) is 0. The quantitative estimate of drug-likeness (QED) is 0.640. The number of rotatable bonds is 0. The number of fused-ring (bicyclic) bond motifs is 1. The molecule has 2 heterocycles. The molecule has 12 heavy (non-hydrogen) atoms. The van der Waals surface area contributed by atoms with Gasteiger partial charge in [-0.05, 0) is 0 Å². The maximum atomic E-state index is 11.3. The Labute approximate surface area is 83.8 Å². The highest BCUT2D eigenvalue weighted by Gasteiger charge is 2.38. The van der Waals surface area contributed by atoms with Crippen LogP contribution in [0.4, 0.5) is 0 Å². The lowest BCUT2D eigenvalue weighted by molar-refractivity contribution is 0.289. The fourth-order valence-electron chi connectivity index (χ4n) is 1.19. The topological polar surface area (TPSA) is 48.9 Å². The zero-order chi connectivity index (χ0) is 9.04. The lowest BCUT2D eigenvalue weighted by atomic mass is 10.5. The largest absolute Gasteiger partial charge is 0.348 e. The molecule has 0 spiro atoms. The first-order valence-electron chi connectivity index (χ1n) is 3.24. The summed E-state index contributed by atoms with van der Waals surface area (Å²) in [6.45, 7) is 0. The van der Waals surface area contributed by atoms with Crippen LogP contribution in [0.1, 0.15) is 9.90 Å². The van der Waals surface area contributed by atoms with Gasteiger partial charge in [-0.25, -0.2) is 23.5 Å². The molecule has 0 N–H and O–H groups in total. The van der Waals surface area contributed by atoms with E-state index < -0.39 is 0 Å². The predicted octanol–water partition coefficient (Wildman–Crippen LogP) is 0.149. The van der Waals surface area contributed by atoms with Crippen LogP contribution in [0.25, 0.3) is 0 Å². The molecule has 0 amide bonds. The van der Waals surface area contributed by atoms with E-state index in [4.69, 9.17) is 0 Å². The zero-order valence-corrected chi connectivity index (χ0v) is 9.24. The number of nitrogens with zero attached hydrogens (tertiary/aromatic N) is 3. The summed E-state index contributed by atoms with van der Waals surface area (Å²) in [5.41, 5.74) is -0.588. The van der Waals surface area contributed by atoms with Gasteiger partial charge in [-0.1, -0.05) is 31.9 Å². The second-order valence-electron chi connectivity index (χ2n) is 2.56. The molecule has 0 bridgehead atoms. The maximum absolute atomic E-state index is 11.3. The van der Waals surface area contributed by atoms with E-state index in [9.17, 15) is 9.59 Å². The third-order valence-electron chi connectivity index (χ3n) is 1.89. The molecule has 2 atom stereocenters. The van der Waals surface area contributed by atoms with Crippen molar-refractivity contribution in [3.63, 3.8) is 0 Å². The average Bonchev–Trinajstić information content (AvgIpc) is 2.26. The van der Waals surface area contributed by atoms with Crippen LogP contribution >= 0.6 is 31.9 Å². The first kappa shape index (κ1) is 8.31. The molecular formula is C5H5Br2N3O2. The van der Waals surface area contributed by atoms with Gasteiger partial charge in [0.05, 0.1) is 0 Å². The minimum absolute atomic E-state index is 0.126. The Morgan fingerprint density at radius 3 is 1.75 bits per heavy atom. The maximum Gasteiger partial charge on any atom is 0.348 e. The molecule has 5 nitrogen and oxygen atoms in total. The van der Waals surface area contributed by atoms with Gasteiger partial charge >= 0.3 is 11.4 Å². The van der Waals surface area contributed by atoms with E-state index in [0.29, 0.717) is 0 Å². The number of hydrogen-bond acceptors (Lipinski definition) is 2. The lowest BCUT2D eigenvalue weighted by Crippen LogP contribution is -2.42. The number of halogens is 2. The van der Waals surface area contributed by atoms with E-state index in [1.807, 2.05) is 0 Å². The summed E-state index contributed by atoms with van der Waals surface area (Å²) < 4.78 is 3.80. The van der Waals surface area contributed by atoms with Crippen LogP contribution in [0.5, 0.6) is 0 Å². The molecule has 1 aromatic heterocycles. The molecule has 1 aromatic rings. The Morgan fingerprint density at radius 1 is 1.08 bits per heavy atom. The molecule has 7 heteroatoms. The van der Waals surface area contributed by atoms with Gasteiger partial charge in [-0.2, -0.15) is 0 Å². The first-order chi connectivity index (χ1) is 5.55. The van der Waals surface area contributed by atoms with E-state index in [1.54, 1.807) is 0 Å². The Kier molecular flexibility index (Phi) is 1.63. The smallest absolute Gasteiger partial charge is 0.246 e. The lowest BCUT2D eigenvalue weighted by Gasteiger charge is -2.30. The fraction of sp³-hybridized carbons (Fsp3) is 0.600. The summed E-state index contributed by atoms with van der Waals surface area (Å²) in [4.78, 5) is 22.3. The summed E-state index contributed by atoms with van der Waals surface area (Å²) in [6.07, 6.45) is 0. The van der Waals surface area contributed by atoms with Crippen molar-refractivity contribution < 1.29 is 0 Å². The molecule has 0 unspecified atom stereocenters. The van der Waals surface area contributed by atoms with Crippen LogP contribution in [0.2, 0.25) is 0 Å². The summed E-state index contributed by atoms with van der Waals surface area (Å²) >= 11 is 6.53. The van der Waals surface area contributed by atoms with Gasteiger partial charge in [0.25, 0.3) is 0 Å². The second-order valence-corrected chi connectivity index (χ2v) is 4.43. The highest BCUT2D eigenvalue weighted by atomic mass is 79.9. The van der Waals surface area contributed by atoms with Crippen molar-refractivity contribution in [2.75, 3.05) is 0 Å². The van der Waals surface area contributed by atoms with Gasteiger partial charge in [0, 0.05) is 7.05 Å². The molecular weight excluding hydrogens is 294 g/mol. The average molecular weight is 299 g/mol. The molecule has 2 rings (SSSR count). The predicted molar refractivity (Wildman–Crippen MR) is 49.9 cm³/mol. The monoisotopic (exact) mass is 297 g/mol. The van der Waals surface area contributed by atoms with Crippen molar-refractivity contribution in [3.05, 3.63) is 21.0 Å². The van der Waals surface area contributed by atoms with Crippen LogP contribution in [-0.2, 0) is 7.05 Å². The van der Waals surface area contributed by atoms with Crippen LogP contribution in [-0.4, -0.2) is 13.9 Å². The van der Waals surface area contributed by atoms with Crippen LogP contribution in [0, 0.1) is 0 Å². The van der Waals surface area contributed by atoms with Crippen LogP contribution < -0.4 is 11.4 Å². The van der Waals surface area contributed by atoms with E-state index >= 15 is 0 Å². The van der Waals surface area contributed by atoms with Crippen molar-refractivity contribution in [1.29, 1.82) is 0 Å². The molecule has 0 saturated heterocycles. The molecule has 0 saturated carbocycles. The van der Waals surface area contributed by atoms with Crippen molar-refractivity contribution >= 4 is 31.9 Å². The number of alkyl halides is 2. The summed E-state index contributed by atoms with van der Waals surface area (Å²) in [5.74, 6) is 0. The third kappa shape index (κ3) is 0.731. The van der Waals surface area contributed by atoms with Crippen LogP contribution in [0.15, 0.2) is 9.59 Å². The number of hydrogen-bond donors (Lipinski definition) is 0. The Morgan fingerprint density at radius 2 is 1.42 bits per heavy atom. The Balaban J connectivity index is 2.84. The van der Waals surface area contributed by atoms with E-state index in [1.165, 1.54) is 16.4 Å². The van der Waals surface area contributed by atoms with Crippen molar-refractivity contribution in [3.8, 4) is 0 Å². The molecule has 0 aliphatic carbocycles. The summed E-state index contributed by atoms with van der Waals surface area (Å²) in [7, 11) is 1.46. The highest BCUT2D eigenvalue weighted by molar-refractivity contribution is 9.11. The normalized spacial score (nSPS) is 26.6. The van der Waals surface area contributed by atoms with Gasteiger partial charge in [0.15, 0.2) is 0 Å². The van der Waals surface area contributed by atoms with Crippen molar-refractivity contribution in [1.82, 2.24) is 13.9 Å². The molecule has 1 aliphatic rings. The molecule has 0 aromatic carbocycles. The SMILES string of the molecule is Cn1c(=O)n2n(c1=O)[C@@H](Br)[C@@H]2Br.